The molecule has 1 rings (SSSR count). The summed E-state index contributed by atoms with van der Waals surface area (Å²) in [5.74, 6) is 1.12. The summed E-state index contributed by atoms with van der Waals surface area (Å²) in [4.78, 5) is 10.5. The van der Waals surface area contributed by atoms with Crippen molar-refractivity contribution in [3.63, 3.8) is 0 Å². The molecule has 0 saturated carbocycles. The predicted octanol–water partition coefficient (Wildman–Crippen LogP) is 3.00. The van der Waals surface area contributed by atoms with Crippen LogP contribution in [0.15, 0.2) is 21.2 Å². The van der Waals surface area contributed by atoms with Crippen molar-refractivity contribution in [1.82, 2.24) is 0 Å². The molecule has 1 aromatic rings. The fraction of sp³-hybridized carbons (Fsp3) is 0.444. The molecule has 1 aromatic heterocycles. The Labute approximate surface area is 95.0 Å². The van der Waals surface area contributed by atoms with Gasteiger partial charge >= 0.3 is 5.97 Å². The van der Waals surface area contributed by atoms with E-state index < -0.39 is 5.97 Å². The zero-order chi connectivity index (χ0) is 10.6. The van der Waals surface area contributed by atoms with Crippen LogP contribution in [0, 0.1) is 5.92 Å². The van der Waals surface area contributed by atoms with Crippen molar-refractivity contribution in [2.24, 2.45) is 5.92 Å². The molecule has 1 N–H and O–H groups in total. The minimum Gasteiger partial charge on any atom is -0.481 e. The van der Waals surface area contributed by atoms with Crippen LogP contribution in [0.2, 0.25) is 0 Å². The smallest absolute Gasteiger partial charge is 0.307 e. The number of aliphatic carboxylic acids is 1. The fourth-order valence-electron chi connectivity index (χ4n) is 0.837. The van der Waals surface area contributed by atoms with Crippen LogP contribution in [-0.2, 0) is 10.5 Å². The van der Waals surface area contributed by atoms with Gasteiger partial charge in [0.1, 0.15) is 5.76 Å². The first kappa shape index (κ1) is 11.7. The molecule has 0 spiro atoms. The highest BCUT2D eigenvalue weighted by Gasteiger charge is 2.10. The van der Waals surface area contributed by atoms with E-state index in [0.717, 1.165) is 5.76 Å². The van der Waals surface area contributed by atoms with Crippen molar-refractivity contribution in [3.8, 4) is 0 Å². The van der Waals surface area contributed by atoms with E-state index in [1.165, 1.54) is 0 Å². The topological polar surface area (TPSA) is 50.4 Å². The van der Waals surface area contributed by atoms with Gasteiger partial charge in [-0.3, -0.25) is 4.79 Å². The molecule has 0 bridgehead atoms. The lowest BCUT2D eigenvalue weighted by molar-refractivity contribution is -0.140. The number of carboxylic acids is 1. The molecule has 1 heterocycles. The summed E-state index contributed by atoms with van der Waals surface area (Å²) in [5, 5.41) is 8.64. The molecule has 5 heteroatoms. The minimum absolute atomic E-state index is 0.307. The molecule has 0 radical (unpaired) electrons. The van der Waals surface area contributed by atoms with Gasteiger partial charge in [-0.25, -0.2) is 0 Å². The van der Waals surface area contributed by atoms with Gasteiger partial charge in [-0.1, -0.05) is 6.92 Å². The molecule has 0 amide bonds. The first-order chi connectivity index (χ1) is 6.59. The van der Waals surface area contributed by atoms with E-state index in [9.17, 15) is 4.79 Å². The summed E-state index contributed by atoms with van der Waals surface area (Å²) in [7, 11) is 0. The second kappa shape index (κ2) is 5.46. The van der Waals surface area contributed by atoms with Crippen LogP contribution in [0.5, 0.6) is 0 Å². The zero-order valence-corrected chi connectivity index (χ0v) is 10.1. The lowest BCUT2D eigenvalue weighted by atomic mass is 10.2. The summed E-state index contributed by atoms with van der Waals surface area (Å²) < 4.78 is 5.98. The molecular formula is C9H11BrO3S. The molecule has 14 heavy (non-hydrogen) atoms. The van der Waals surface area contributed by atoms with Crippen LogP contribution in [-0.4, -0.2) is 16.8 Å². The van der Waals surface area contributed by atoms with E-state index >= 15 is 0 Å². The molecule has 3 nitrogen and oxygen atoms in total. The number of rotatable bonds is 5. The molecule has 0 fully saturated rings. The lowest BCUT2D eigenvalue weighted by Crippen LogP contribution is -2.11. The van der Waals surface area contributed by atoms with Crippen molar-refractivity contribution in [2.75, 3.05) is 5.75 Å². The highest BCUT2D eigenvalue weighted by molar-refractivity contribution is 9.10. The summed E-state index contributed by atoms with van der Waals surface area (Å²) >= 11 is 4.77. The zero-order valence-electron chi connectivity index (χ0n) is 7.70. The number of halogens is 1. The van der Waals surface area contributed by atoms with Crippen molar-refractivity contribution in [1.29, 1.82) is 0 Å². The van der Waals surface area contributed by atoms with Gasteiger partial charge in [-0.05, 0) is 28.1 Å². The normalized spacial score (nSPS) is 12.7. The summed E-state index contributed by atoms with van der Waals surface area (Å²) in [6.45, 7) is 1.70. The van der Waals surface area contributed by atoms with Gasteiger partial charge in [0, 0.05) is 5.75 Å². The molecule has 0 aliphatic rings. The highest BCUT2D eigenvalue weighted by Crippen LogP contribution is 2.20. The van der Waals surface area contributed by atoms with E-state index in [0.29, 0.717) is 16.2 Å². The van der Waals surface area contributed by atoms with Gasteiger partial charge in [-0.2, -0.15) is 11.8 Å². The Bertz CT molecular complexity index is 311. The van der Waals surface area contributed by atoms with Crippen LogP contribution in [0.25, 0.3) is 0 Å². The van der Waals surface area contributed by atoms with Gasteiger partial charge in [0.25, 0.3) is 0 Å². The van der Waals surface area contributed by atoms with Crippen LogP contribution in [0.1, 0.15) is 12.7 Å². The van der Waals surface area contributed by atoms with Gasteiger partial charge in [0.15, 0.2) is 4.67 Å². The fourth-order valence-corrected chi connectivity index (χ4v) is 2.15. The lowest BCUT2D eigenvalue weighted by Gasteiger charge is -2.03. The van der Waals surface area contributed by atoms with Gasteiger partial charge in [0.2, 0.25) is 0 Å². The highest BCUT2D eigenvalue weighted by atomic mass is 79.9. The van der Waals surface area contributed by atoms with Crippen LogP contribution in [0.3, 0.4) is 0 Å². The van der Waals surface area contributed by atoms with E-state index in [1.54, 1.807) is 18.7 Å². The Kier molecular flexibility index (Phi) is 4.54. The predicted molar refractivity (Wildman–Crippen MR) is 59.4 cm³/mol. The third-order valence-corrected chi connectivity index (χ3v) is 3.31. The maximum atomic E-state index is 10.5. The van der Waals surface area contributed by atoms with Crippen molar-refractivity contribution in [3.05, 3.63) is 22.6 Å². The first-order valence-corrected chi connectivity index (χ1v) is 6.09. The molecule has 1 unspecified atom stereocenters. The molecule has 0 aromatic carbocycles. The quantitative estimate of drug-likeness (QED) is 0.900. The second-order valence-corrected chi connectivity index (χ2v) is 4.77. The first-order valence-electron chi connectivity index (χ1n) is 4.14. The Hall–Kier alpha value is -0.420. The Morgan fingerprint density at radius 3 is 2.93 bits per heavy atom. The SMILES string of the molecule is CC(CSCc1ccc(Br)o1)C(=O)O. The molecule has 1 atom stereocenters. The standard InChI is InChI=1S/C9H11BrO3S/c1-6(9(11)12)4-14-5-7-2-3-8(10)13-7/h2-3,6H,4-5H2,1H3,(H,11,12). The summed E-state index contributed by atoms with van der Waals surface area (Å²) in [5.41, 5.74) is 0. The Morgan fingerprint density at radius 2 is 2.43 bits per heavy atom. The molecule has 78 valence electrons. The molecule has 0 aliphatic carbocycles. The van der Waals surface area contributed by atoms with Crippen LogP contribution >= 0.6 is 27.7 Å². The van der Waals surface area contributed by atoms with Crippen LogP contribution < -0.4 is 0 Å². The minimum atomic E-state index is -0.752. The van der Waals surface area contributed by atoms with Crippen LogP contribution in [0.4, 0.5) is 0 Å². The van der Waals surface area contributed by atoms with Crippen molar-refractivity contribution in [2.45, 2.75) is 12.7 Å². The van der Waals surface area contributed by atoms with Crippen molar-refractivity contribution >= 4 is 33.7 Å². The average Bonchev–Trinajstić information content (AvgIpc) is 2.51. The largest absolute Gasteiger partial charge is 0.481 e. The van der Waals surface area contributed by atoms with Crippen molar-refractivity contribution < 1.29 is 14.3 Å². The van der Waals surface area contributed by atoms with E-state index in [4.69, 9.17) is 9.52 Å². The van der Waals surface area contributed by atoms with Gasteiger partial charge in [0.05, 0.1) is 11.7 Å². The third kappa shape index (κ3) is 3.75. The molecular weight excluding hydrogens is 268 g/mol. The second-order valence-electron chi connectivity index (χ2n) is 2.96. The maximum absolute atomic E-state index is 10.5. The monoisotopic (exact) mass is 278 g/mol. The number of carbonyl (C=O) groups is 1. The number of carboxylic acid groups (broad SMARTS) is 1. The third-order valence-electron chi connectivity index (χ3n) is 1.66. The van der Waals surface area contributed by atoms with E-state index in [2.05, 4.69) is 15.9 Å². The number of hydrogen-bond acceptors (Lipinski definition) is 3. The van der Waals surface area contributed by atoms with E-state index in [-0.39, 0.29) is 5.92 Å². The number of furan rings is 1. The van der Waals surface area contributed by atoms with Gasteiger partial charge < -0.3 is 9.52 Å². The molecule has 0 aliphatic heterocycles. The average molecular weight is 279 g/mol. The number of thioether (sulfide) groups is 1. The Morgan fingerprint density at radius 1 is 1.71 bits per heavy atom. The summed E-state index contributed by atoms with van der Waals surface area (Å²) in [6, 6.07) is 3.71. The Balaban J connectivity index is 2.25. The molecule has 0 saturated heterocycles. The summed E-state index contributed by atoms with van der Waals surface area (Å²) in [6.07, 6.45) is 0. The maximum Gasteiger partial charge on any atom is 0.307 e. The van der Waals surface area contributed by atoms with Gasteiger partial charge in [-0.15, -0.1) is 0 Å². The van der Waals surface area contributed by atoms with E-state index in [1.807, 2.05) is 12.1 Å². The number of hydrogen-bond donors (Lipinski definition) is 1.